The Balaban J connectivity index is 0.923. The number of hydrogen-bond donors (Lipinski definition) is 0. The Morgan fingerprint density at radius 1 is 0.250 bits per heavy atom. The van der Waals surface area contributed by atoms with Gasteiger partial charge in [0, 0.05) is 36.6 Å². The van der Waals surface area contributed by atoms with Gasteiger partial charge < -0.3 is 4.57 Å². The van der Waals surface area contributed by atoms with Crippen molar-refractivity contribution in [3.63, 3.8) is 0 Å². The third-order valence-corrected chi connectivity index (χ3v) is 13.0. The monoisotopic (exact) mass is 727 g/mol. The molecule has 0 aliphatic heterocycles. The number of fused-ring (bicyclic) bond motifs is 12. The van der Waals surface area contributed by atoms with E-state index in [4.69, 9.17) is 0 Å². The van der Waals surface area contributed by atoms with E-state index < -0.39 is 0 Å². The van der Waals surface area contributed by atoms with Gasteiger partial charge in [0.25, 0.3) is 0 Å². The fourth-order valence-electron chi connectivity index (χ4n) is 9.08. The lowest BCUT2D eigenvalue weighted by molar-refractivity contribution is 1.18. The highest BCUT2D eigenvalue weighted by Gasteiger charge is 2.15. The van der Waals surface area contributed by atoms with Crippen LogP contribution in [0, 0.1) is 0 Å². The Labute approximate surface area is 327 Å². The summed E-state index contributed by atoms with van der Waals surface area (Å²) in [6.45, 7) is 0. The number of thiophene rings is 1. The summed E-state index contributed by atoms with van der Waals surface area (Å²) in [5.41, 5.74) is 10.9. The fraction of sp³-hybridized carbons (Fsp3) is 0. The standard InChI is InChI=1S/C54H33NS/c1-2-11-43-41(9-1)42-10-3-4-12-44(42)49-31-37(23-28-45(43)49)34-17-19-35(20-18-34)39-24-29-47-46-13-5-7-15-51(46)55(52(47)33-39)40-26-21-36(22-27-40)38-25-30-54-50(32-38)48-14-6-8-16-53(48)56-54/h1-33H. The average Bonchev–Trinajstić information content (AvgIpc) is 3.81. The van der Waals surface area contributed by atoms with Crippen LogP contribution in [0.5, 0.6) is 0 Å². The summed E-state index contributed by atoms with van der Waals surface area (Å²) < 4.78 is 5.09. The van der Waals surface area contributed by atoms with Crippen molar-refractivity contribution < 1.29 is 0 Å². The second-order valence-electron chi connectivity index (χ2n) is 14.9. The summed E-state index contributed by atoms with van der Waals surface area (Å²) in [7, 11) is 0. The zero-order valence-corrected chi connectivity index (χ0v) is 31.2. The molecular formula is C54H33NS. The maximum absolute atomic E-state index is 2.42. The van der Waals surface area contributed by atoms with Gasteiger partial charge in [-0.05, 0) is 114 Å². The topological polar surface area (TPSA) is 4.93 Å². The first-order valence-corrected chi connectivity index (χ1v) is 20.1. The van der Waals surface area contributed by atoms with Gasteiger partial charge in [0.2, 0.25) is 0 Å². The molecule has 10 aromatic carbocycles. The molecular weight excluding hydrogens is 695 g/mol. The third-order valence-electron chi connectivity index (χ3n) is 11.8. The minimum atomic E-state index is 1.16. The second-order valence-corrected chi connectivity index (χ2v) is 16.0. The number of hydrogen-bond acceptors (Lipinski definition) is 1. The van der Waals surface area contributed by atoms with Crippen LogP contribution in [0.3, 0.4) is 0 Å². The van der Waals surface area contributed by atoms with Crippen molar-refractivity contribution in [2.24, 2.45) is 0 Å². The van der Waals surface area contributed by atoms with E-state index >= 15 is 0 Å². The minimum Gasteiger partial charge on any atom is -0.309 e. The van der Waals surface area contributed by atoms with Crippen LogP contribution in [0.1, 0.15) is 0 Å². The molecule has 56 heavy (non-hydrogen) atoms. The molecule has 0 saturated carbocycles. The van der Waals surface area contributed by atoms with E-state index in [9.17, 15) is 0 Å². The summed E-state index contributed by atoms with van der Waals surface area (Å²) in [6, 6.07) is 74.0. The van der Waals surface area contributed by atoms with Crippen LogP contribution in [-0.2, 0) is 0 Å². The molecule has 12 aromatic rings. The SMILES string of the molecule is c1ccc2c(c1)sc1ccc(-c3ccc(-n4c5ccccc5c5ccc(-c6ccc(-c7ccc8c9ccccc9c9ccccc9c8c7)cc6)cc54)cc3)cc12. The van der Waals surface area contributed by atoms with Crippen molar-refractivity contribution in [1.29, 1.82) is 0 Å². The van der Waals surface area contributed by atoms with Crippen molar-refractivity contribution >= 4 is 85.6 Å². The normalized spacial score (nSPS) is 11.9. The molecule has 2 aromatic heterocycles. The summed E-state index contributed by atoms with van der Waals surface area (Å²) in [4.78, 5) is 0. The smallest absolute Gasteiger partial charge is 0.0547 e. The summed E-state index contributed by atoms with van der Waals surface area (Å²) in [5, 5.41) is 13.0. The van der Waals surface area contributed by atoms with E-state index in [1.54, 1.807) is 0 Å². The molecule has 0 spiro atoms. The second kappa shape index (κ2) is 12.3. The molecule has 0 fully saturated rings. The molecule has 2 heterocycles. The van der Waals surface area contributed by atoms with Gasteiger partial charge in [0.15, 0.2) is 0 Å². The first-order chi connectivity index (χ1) is 27.7. The Kier molecular flexibility index (Phi) is 6.87. The van der Waals surface area contributed by atoms with Gasteiger partial charge >= 0.3 is 0 Å². The first-order valence-electron chi connectivity index (χ1n) is 19.2. The predicted octanol–water partition coefficient (Wildman–Crippen LogP) is 15.6. The number of para-hydroxylation sites is 1. The van der Waals surface area contributed by atoms with Crippen LogP contribution in [0.4, 0.5) is 0 Å². The Bertz CT molecular complexity index is 3480. The number of rotatable bonds is 4. The molecule has 0 unspecified atom stereocenters. The van der Waals surface area contributed by atoms with Crippen LogP contribution in [0.25, 0.3) is 113 Å². The lowest BCUT2D eigenvalue weighted by Crippen LogP contribution is -1.94. The molecule has 0 amide bonds. The molecule has 0 aliphatic carbocycles. The molecule has 1 nitrogen and oxygen atoms in total. The molecule has 0 bridgehead atoms. The largest absolute Gasteiger partial charge is 0.309 e. The Morgan fingerprint density at radius 2 is 0.661 bits per heavy atom. The molecule has 260 valence electrons. The zero-order chi connectivity index (χ0) is 36.7. The van der Waals surface area contributed by atoms with Crippen LogP contribution < -0.4 is 0 Å². The highest BCUT2D eigenvalue weighted by molar-refractivity contribution is 7.25. The van der Waals surface area contributed by atoms with E-state index in [2.05, 4.69) is 205 Å². The molecule has 0 atom stereocenters. The van der Waals surface area contributed by atoms with Crippen molar-refractivity contribution in [2.45, 2.75) is 0 Å². The predicted molar refractivity (Wildman–Crippen MR) is 242 cm³/mol. The molecule has 0 N–H and O–H groups in total. The van der Waals surface area contributed by atoms with Crippen molar-refractivity contribution in [3.8, 4) is 39.1 Å². The van der Waals surface area contributed by atoms with E-state index in [1.165, 1.54) is 108 Å². The van der Waals surface area contributed by atoms with Gasteiger partial charge in [-0.15, -0.1) is 11.3 Å². The van der Waals surface area contributed by atoms with Crippen molar-refractivity contribution in [2.75, 3.05) is 0 Å². The van der Waals surface area contributed by atoms with Crippen LogP contribution in [0.2, 0.25) is 0 Å². The maximum atomic E-state index is 2.42. The Hall–Kier alpha value is -7.00. The molecule has 0 saturated heterocycles. The average molecular weight is 728 g/mol. The van der Waals surface area contributed by atoms with Gasteiger partial charge in [0.1, 0.15) is 0 Å². The van der Waals surface area contributed by atoms with Gasteiger partial charge in [0.05, 0.1) is 11.0 Å². The maximum Gasteiger partial charge on any atom is 0.0547 e. The van der Waals surface area contributed by atoms with E-state index in [0.717, 1.165) is 5.69 Å². The quantitative estimate of drug-likeness (QED) is 0.159. The number of benzene rings is 10. The van der Waals surface area contributed by atoms with Crippen LogP contribution in [-0.4, -0.2) is 4.57 Å². The van der Waals surface area contributed by atoms with Gasteiger partial charge in [-0.3, -0.25) is 0 Å². The number of nitrogens with zero attached hydrogens (tertiary/aromatic N) is 1. The van der Waals surface area contributed by atoms with Gasteiger partial charge in [-0.25, -0.2) is 0 Å². The molecule has 12 rings (SSSR count). The lowest BCUT2D eigenvalue weighted by Gasteiger charge is -2.12. The first kappa shape index (κ1) is 31.4. The van der Waals surface area contributed by atoms with E-state index in [-0.39, 0.29) is 0 Å². The van der Waals surface area contributed by atoms with Crippen LogP contribution in [0.15, 0.2) is 200 Å². The lowest BCUT2D eigenvalue weighted by atomic mass is 9.92. The third kappa shape index (κ3) is 4.80. The summed E-state index contributed by atoms with van der Waals surface area (Å²) in [6.07, 6.45) is 0. The van der Waals surface area contributed by atoms with Crippen LogP contribution >= 0.6 is 11.3 Å². The number of aromatic nitrogens is 1. The molecule has 2 heteroatoms. The van der Waals surface area contributed by atoms with Gasteiger partial charge in [-0.2, -0.15) is 0 Å². The highest BCUT2D eigenvalue weighted by atomic mass is 32.1. The zero-order valence-electron chi connectivity index (χ0n) is 30.4. The minimum absolute atomic E-state index is 1.16. The fourth-order valence-corrected chi connectivity index (χ4v) is 10.2. The van der Waals surface area contributed by atoms with E-state index in [1.807, 2.05) is 11.3 Å². The molecule has 0 radical (unpaired) electrons. The highest BCUT2D eigenvalue weighted by Crippen LogP contribution is 2.40. The van der Waals surface area contributed by atoms with Gasteiger partial charge in [-0.1, -0.05) is 152 Å². The van der Waals surface area contributed by atoms with Crippen molar-refractivity contribution in [3.05, 3.63) is 200 Å². The van der Waals surface area contributed by atoms with Crippen molar-refractivity contribution in [1.82, 2.24) is 4.57 Å². The molecule has 0 aliphatic rings. The Morgan fingerprint density at radius 3 is 1.32 bits per heavy atom. The summed E-state index contributed by atoms with van der Waals surface area (Å²) in [5.74, 6) is 0. The summed E-state index contributed by atoms with van der Waals surface area (Å²) >= 11 is 1.86. The van der Waals surface area contributed by atoms with E-state index in [0.29, 0.717) is 0 Å².